The van der Waals surface area contributed by atoms with E-state index in [1.165, 1.54) is 0 Å². The molecule has 0 saturated carbocycles. The Hall–Kier alpha value is -1.84. The van der Waals surface area contributed by atoms with Gasteiger partial charge in [0.15, 0.2) is 6.29 Å². The molecule has 0 spiro atoms. The maximum Gasteiger partial charge on any atom is 0.217 e. The summed E-state index contributed by atoms with van der Waals surface area (Å²) in [6.45, 7) is 4.95. The highest BCUT2D eigenvalue weighted by molar-refractivity contribution is 6.28. The topological polar surface area (TPSA) is 63.4 Å². The fraction of sp³-hybridized carbons (Fsp3) is 0.429. The second kappa shape index (κ2) is 4.44. The molecule has 2 N–H and O–H groups in total. The van der Waals surface area contributed by atoms with Crippen molar-refractivity contribution < 1.29 is 9.59 Å². The Kier molecular flexibility index (Phi) is 3.11. The van der Waals surface area contributed by atoms with Crippen LogP contribution in [0.3, 0.4) is 0 Å². The molecule has 0 aliphatic carbocycles. The van der Waals surface area contributed by atoms with Crippen LogP contribution in [-0.2, 0) is 9.59 Å². The summed E-state index contributed by atoms with van der Waals surface area (Å²) in [6.07, 6.45) is 1.12. The normalized spacial score (nSPS) is 21.9. The van der Waals surface area contributed by atoms with Gasteiger partial charge < -0.3 is 10.6 Å². The Morgan fingerprint density at radius 2 is 2.22 bits per heavy atom. The summed E-state index contributed by atoms with van der Waals surface area (Å²) in [5.74, 6) is -0.358. The lowest BCUT2D eigenvalue weighted by atomic mass is 9.90. The largest absolute Gasteiger partial charge is 0.399 e. The predicted molar refractivity (Wildman–Crippen MR) is 71.5 cm³/mol. The first-order valence-corrected chi connectivity index (χ1v) is 6.04. The fourth-order valence-corrected chi connectivity index (χ4v) is 2.58. The summed E-state index contributed by atoms with van der Waals surface area (Å²) in [5, 5.41) is 0. The first kappa shape index (κ1) is 12.6. The molecule has 1 aliphatic heterocycles. The molecule has 1 saturated heterocycles. The van der Waals surface area contributed by atoms with E-state index in [-0.39, 0.29) is 17.2 Å². The lowest BCUT2D eigenvalue weighted by Gasteiger charge is -2.25. The van der Waals surface area contributed by atoms with E-state index >= 15 is 0 Å². The number of carbonyl (C=O) groups excluding carboxylic acids is 2. The third kappa shape index (κ3) is 2.37. The SMILES string of the molecule is CC1(C)CC(C(=O)C=O)N(c2cccc(N)c2)C1. The maximum absolute atomic E-state index is 11.7. The van der Waals surface area contributed by atoms with Crippen LogP contribution in [0.15, 0.2) is 24.3 Å². The van der Waals surface area contributed by atoms with Gasteiger partial charge in [-0.2, -0.15) is 0 Å². The van der Waals surface area contributed by atoms with Crippen molar-refractivity contribution in [2.45, 2.75) is 26.3 Å². The average molecular weight is 246 g/mol. The number of hydrogen-bond donors (Lipinski definition) is 1. The molecule has 0 aromatic heterocycles. The maximum atomic E-state index is 11.7. The minimum absolute atomic E-state index is 0.0218. The molecule has 0 bridgehead atoms. The minimum atomic E-state index is -0.362. The number of nitrogens with zero attached hydrogens (tertiary/aromatic N) is 1. The average Bonchev–Trinajstić information content (AvgIpc) is 2.64. The molecule has 1 aliphatic rings. The third-order valence-corrected chi connectivity index (χ3v) is 3.37. The molecule has 0 amide bonds. The van der Waals surface area contributed by atoms with Crippen LogP contribution in [0.4, 0.5) is 11.4 Å². The van der Waals surface area contributed by atoms with Crippen molar-refractivity contribution in [1.82, 2.24) is 0 Å². The van der Waals surface area contributed by atoms with Crippen LogP contribution in [0.25, 0.3) is 0 Å². The number of hydrogen-bond acceptors (Lipinski definition) is 4. The molecule has 1 unspecified atom stereocenters. The zero-order valence-electron chi connectivity index (χ0n) is 10.7. The van der Waals surface area contributed by atoms with Crippen LogP contribution in [-0.4, -0.2) is 24.7 Å². The van der Waals surface area contributed by atoms with Crippen LogP contribution >= 0.6 is 0 Å². The number of ketones is 1. The van der Waals surface area contributed by atoms with Crippen molar-refractivity contribution in [3.05, 3.63) is 24.3 Å². The highest BCUT2D eigenvalue weighted by Crippen LogP contribution is 2.37. The Morgan fingerprint density at radius 1 is 1.50 bits per heavy atom. The number of rotatable bonds is 3. The van der Waals surface area contributed by atoms with Crippen molar-refractivity contribution in [2.24, 2.45) is 5.41 Å². The first-order valence-electron chi connectivity index (χ1n) is 6.04. The molecular formula is C14H18N2O2. The van der Waals surface area contributed by atoms with Crippen molar-refractivity contribution >= 4 is 23.4 Å². The van der Waals surface area contributed by atoms with Gasteiger partial charge in [-0.3, -0.25) is 9.59 Å². The molecule has 1 aromatic carbocycles. The molecule has 1 atom stereocenters. The van der Waals surface area contributed by atoms with Gasteiger partial charge in [0.2, 0.25) is 5.78 Å². The lowest BCUT2D eigenvalue weighted by molar-refractivity contribution is -0.130. The van der Waals surface area contributed by atoms with Crippen LogP contribution in [0.2, 0.25) is 0 Å². The standard InChI is InChI=1S/C14H18N2O2/c1-14(2)7-12(13(18)8-17)16(9-14)11-5-3-4-10(15)6-11/h3-6,8,12H,7,9,15H2,1-2H3. The monoisotopic (exact) mass is 246 g/mol. The number of aldehydes is 1. The van der Waals surface area contributed by atoms with E-state index in [2.05, 4.69) is 13.8 Å². The highest BCUT2D eigenvalue weighted by atomic mass is 16.2. The summed E-state index contributed by atoms with van der Waals surface area (Å²) in [4.78, 5) is 24.5. The van der Waals surface area contributed by atoms with Crippen molar-refractivity contribution in [3.8, 4) is 0 Å². The van der Waals surface area contributed by atoms with E-state index in [1.807, 2.05) is 23.1 Å². The Bertz CT molecular complexity index is 482. The van der Waals surface area contributed by atoms with Crippen molar-refractivity contribution in [2.75, 3.05) is 17.2 Å². The number of nitrogen functional groups attached to an aromatic ring is 1. The Morgan fingerprint density at radius 3 is 2.83 bits per heavy atom. The van der Waals surface area contributed by atoms with Crippen LogP contribution < -0.4 is 10.6 Å². The Balaban J connectivity index is 2.35. The molecule has 4 heteroatoms. The molecule has 0 radical (unpaired) electrons. The minimum Gasteiger partial charge on any atom is -0.399 e. The van der Waals surface area contributed by atoms with Gasteiger partial charge in [-0.15, -0.1) is 0 Å². The van der Waals surface area contributed by atoms with Gasteiger partial charge in [0.25, 0.3) is 0 Å². The smallest absolute Gasteiger partial charge is 0.217 e. The molecule has 1 fully saturated rings. The van der Waals surface area contributed by atoms with E-state index in [0.717, 1.165) is 12.2 Å². The Labute approximate surface area is 107 Å². The second-order valence-electron chi connectivity index (χ2n) is 5.63. The van der Waals surface area contributed by atoms with Gasteiger partial charge in [0.05, 0.1) is 6.04 Å². The highest BCUT2D eigenvalue weighted by Gasteiger charge is 2.41. The van der Waals surface area contributed by atoms with Gasteiger partial charge in [0, 0.05) is 17.9 Å². The summed E-state index contributed by atoms with van der Waals surface area (Å²) in [7, 11) is 0. The quantitative estimate of drug-likeness (QED) is 0.500. The summed E-state index contributed by atoms with van der Waals surface area (Å²) in [5.41, 5.74) is 7.35. The number of benzene rings is 1. The molecule has 1 heterocycles. The van der Waals surface area contributed by atoms with Crippen LogP contribution in [0.5, 0.6) is 0 Å². The fourth-order valence-electron chi connectivity index (χ4n) is 2.58. The zero-order chi connectivity index (χ0) is 13.3. The van der Waals surface area contributed by atoms with E-state index < -0.39 is 0 Å². The molecular weight excluding hydrogens is 228 g/mol. The second-order valence-corrected chi connectivity index (χ2v) is 5.63. The zero-order valence-corrected chi connectivity index (χ0v) is 10.7. The predicted octanol–water partition coefficient (Wildman–Crippen LogP) is 1.64. The van der Waals surface area contributed by atoms with E-state index in [9.17, 15) is 9.59 Å². The van der Waals surface area contributed by atoms with Crippen LogP contribution in [0, 0.1) is 5.41 Å². The van der Waals surface area contributed by atoms with Crippen LogP contribution in [0.1, 0.15) is 20.3 Å². The number of carbonyl (C=O) groups is 2. The number of Topliss-reactive ketones (excluding diaryl/α,β-unsaturated/α-hetero) is 1. The van der Waals surface area contributed by atoms with Gasteiger partial charge in [0.1, 0.15) is 0 Å². The number of nitrogens with two attached hydrogens (primary N) is 1. The summed E-state index contributed by atoms with van der Waals surface area (Å²) in [6, 6.07) is 7.06. The van der Waals surface area contributed by atoms with Gasteiger partial charge >= 0.3 is 0 Å². The molecule has 4 nitrogen and oxygen atoms in total. The first-order chi connectivity index (χ1) is 8.43. The summed E-state index contributed by atoms with van der Waals surface area (Å²) < 4.78 is 0. The molecule has 18 heavy (non-hydrogen) atoms. The lowest BCUT2D eigenvalue weighted by Crippen LogP contribution is -2.36. The molecule has 2 rings (SSSR count). The van der Waals surface area contributed by atoms with Crippen molar-refractivity contribution in [1.29, 1.82) is 0 Å². The van der Waals surface area contributed by atoms with Crippen molar-refractivity contribution in [3.63, 3.8) is 0 Å². The van der Waals surface area contributed by atoms with E-state index in [1.54, 1.807) is 6.07 Å². The van der Waals surface area contributed by atoms with Gasteiger partial charge in [-0.25, -0.2) is 0 Å². The van der Waals surface area contributed by atoms with E-state index in [0.29, 0.717) is 18.4 Å². The summed E-state index contributed by atoms with van der Waals surface area (Å²) >= 11 is 0. The molecule has 1 aromatic rings. The van der Waals surface area contributed by atoms with E-state index in [4.69, 9.17) is 5.73 Å². The third-order valence-electron chi connectivity index (χ3n) is 3.37. The van der Waals surface area contributed by atoms with Gasteiger partial charge in [-0.05, 0) is 30.0 Å². The number of anilines is 2. The molecule has 96 valence electrons. The van der Waals surface area contributed by atoms with Gasteiger partial charge in [-0.1, -0.05) is 19.9 Å².